The number of rotatable bonds is 6. The molecule has 0 bridgehead atoms. The Balaban J connectivity index is 2.64. The van der Waals surface area contributed by atoms with Crippen LogP contribution in [0.3, 0.4) is 0 Å². The van der Waals surface area contributed by atoms with Crippen LogP contribution in [0.1, 0.15) is 12.1 Å². The molecule has 1 rings (SSSR count). The van der Waals surface area contributed by atoms with Gasteiger partial charge in [-0.15, -0.1) is 12.6 Å². The third-order valence-electron chi connectivity index (χ3n) is 2.11. The first kappa shape index (κ1) is 13.5. The molecule has 1 heterocycles. The zero-order valence-corrected chi connectivity index (χ0v) is 9.91. The lowest BCUT2D eigenvalue weighted by molar-refractivity contribution is -0.141. The smallest absolute Gasteiger partial charge is 0.326 e. The van der Waals surface area contributed by atoms with E-state index in [0.717, 1.165) is 0 Å². The van der Waals surface area contributed by atoms with Crippen LogP contribution >= 0.6 is 12.6 Å². The molecule has 0 aliphatic rings. The number of carbonyl (C=O) groups is 2. The predicted molar refractivity (Wildman–Crippen MR) is 62.8 cm³/mol. The molecule has 0 aliphatic carbocycles. The van der Waals surface area contributed by atoms with Crippen molar-refractivity contribution in [3.63, 3.8) is 0 Å². The molecule has 0 radical (unpaired) electrons. The molecule has 17 heavy (non-hydrogen) atoms. The second-order valence-electron chi connectivity index (χ2n) is 3.41. The Hall–Kier alpha value is -1.54. The van der Waals surface area contributed by atoms with Crippen molar-refractivity contribution in [2.24, 2.45) is 5.73 Å². The van der Waals surface area contributed by atoms with Gasteiger partial charge in [0, 0.05) is 19.4 Å². The van der Waals surface area contributed by atoms with Crippen molar-refractivity contribution < 1.29 is 14.7 Å². The minimum atomic E-state index is -1.11. The van der Waals surface area contributed by atoms with Gasteiger partial charge in [0.25, 0.3) is 0 Å². The molecule has 8 heteroatoms. The Morgan fingerprint density at radius 1 is 1.65 bits per heavy atom. The first-order valence-electron chi connectivity index (χ1n) is 4.98. The first-order valence-corrected chi connectivity index (χ1v) is 5.42. The van der Waals surface area contributed by atoms with Crippen molar-refractivity contribution >= 4 is 24.5 Å². The van der Waals surface area contributed by atoms with Crippen LogP contribution in [0.2, 0.25) is 0 Å². The maximum atomic E-state index is 11.3. The van der Waals surface area contributed by atoms with Gasteiger partial charge in [0.2, 0.25) is 5.91 Å². The lowest BCUT2D eigenvalue weighted by atomic mass is 10.1. The lowest BCUT2D eigenvalue weighted by Gasteiger charge is -2.13. The van der Waals surface area contributed by atoms with Crippen LogP contribution < -0.4 is 11.1 Å². The molecule has 0 saturated carbocycles. The first-order chi connectivity index (χ1) is 8.04. The zero-order valence-electron chi connectivity index (χ0n) is 9.01. The summed E-state index contributed by atoms with van der Waals surface area (Å²) in [7, 11) is 0. The monoisotopic (exact) mass is 258 g/mol. The summed E-state index contributed by atoms with van der Waals surface area (Å²) in [6.45, 7) is 0.181. The molecule has 7 nitrogen and oxygen atoms in total. The number of carboxylic acids is 1. The van der Waals surface area contributed by atoms with Gasteiger partial charge in [-0.05, 0) is 0 Å². The molecule has 0 fully saturated rings. The summed E-state index contributed by atoms with van der Waals surface area (Å²) in [6, 6.07) is -1.01. The second kappa shape index (κ2) is 6.26. The highest BCUT2D eigenvalue weighted by molar-refractivity contribution is 7.80. The number of thiol groups is 1. The maximum absolute atomic E-state index is 11.3. The van der Waals surface area contributed by atoms with Crippen molar-refractivity contribution in [1.82, 2.24) is 15.3 Å². The minimum Gasteiger partial charge on any atom is -0.480 e. The molecule has 1 unspecified atom stereocenters. The third-order valence-corrected chi connectivity index (χ3v) is 2.49. The molecule has 94 valence electrons. The fraction of sp³-hybridized carbons (Fsp3) is 0.444. The number of hydrogen-bond donors (Lipinski definition) is 5. The average molecular weight is 258 g/mol. The number of nitrogens with one attached hydrogen (secondary N) is 2. The molecule has 1 aromatic heterocycles. The highest BCUT2D eigenvalue weighted by Crippen LogP contribution is 2.10. The van der Waals surface area contributed by atoms with Crippen LogP contribution in [0, 0.1) is 0 Å². The van der Waals surface area contributed by atoms with Gasteiger partial charge < -0.3 is 21.1 Å². The van der Waals surface area contributed by atoms with Gasteiger partial charge in [-0.2, -0.15) is 0 Å². The van der Waals surface area contributed by atoms with E-state index in [2.05, 4.69) is 27.9 Å². The summed E-state index contributed by atoms with van der Waals surface area (Å²) in [5.41, 5.74) is 5.77. The number of aliphatic carboxylic acids is 1. The summed E-state index contributed by atoms with van der Waals surface area (Å²) in [5.74, 6) is -1.50. The molecular formula is C9H14N4O3S. The van der Waals surface area contributed by atoms with E-state index in [1.807, 2.05) is 0 Å². The minimum absolute atomic E-state index is 0.0977. The fourth-order valence-corrected chi connectivity index (χ4v) is 1.48. The van der Waals surface area contributed by atoms with E-state index in [4.69, 9.17) is 10.8 Å². The Kier molecular flexibility index (Phi) is 4.98. The van der Waals surface area contributed by atoms with Gasteiger partial charge in [-0.1, -0.05) is 0 Å². The quantitative estimate of drug-likeness (QED) is 0.426. The topological polar surface area (TPSA) is 121 Å². The van der Waals surface area contributed by atoms with Crippen LogP contribution in [0.5, 0.6) is 0 Å². The molecule has 1 aromatic rings. The molecule has 0 aliphatic heterocycles. The largest absolute Gasteiger partial charge is 0.480 e. The van der Waals surface area contributed by atoms with Crippen molar-refractivity contribution in [2.45, 2.75) is 23.9 Å². The van der Waals surface area contributed by atoms with Crippen LogP contribution in [0.25, 0.3) is 0 Å². The lowest BCUT2D eigenvalue weighted by Crippen LogP contribution is -2.43. The summed E-state index contributed by atoms with van der Waals surface area (Å²) in [6.07, 6.45) is 1.61. The van der Waals surface area contributed by atoms with Crippen molar-refractivity contribution in [3.05, 3.63) is 12.0 Å². The van der Waals surface area contributed by atoms with E-state index in [9.17, 15) is 9.59 Å². The molecule has 0 saturated heterocycles. The summed E-state index contributed by atoms with van der Waals surface area (Å²) in [5, 5.41) is 11.8. The van der Waals surface area contributed by atoms with Crippen molar-refractivity contribution in [3.8, 4) is 0 Å². The number of nitrogens with zero attached hydrogens (tertiary/aromatic N) is 1. The molecular weight excluding hydrogens is 244 g/mol. The van der Waals surface area contributed by atoms with Crippen LogP contribution in [0.4, 0.5) is 0 Å². The van der Waals surface area contributed by atoms with Gasteiger partial charge in [0.1, 0.15) is 11.1 Å². The standard InChI is InChI=1S/C9H14N4O3S/c10-2-1-7(14)13-6(9(15)16)3-5-8(17)12-4-11-5/h4,6,17H,1-3,10H2,(H,11,12)(H,13,14)(H,15,16). The van der Waals surface area contributed by atoms with Crippen LogP contribution in [-0.2, 0) is 16.0 Å². The zero-order chi connectivity index (χ0) is 12.8. The highest BCUT2D eigenvalue weighted by atomic mass is 32.1. The fourth-order valence-electron chi connectivity index (χ4n) is 1.27. The van der Waals surface area contributed by atoms with Crippen LogP contribution in [-0.4, -0.2) is 39.5 Å². The average Bonchev–Trinajstić information content (AvgIpc) is 2.63. The highest BCUT2D eigenvalue weighted by Gasteiger charge is 2.21. The van der Waals surface area contributed by atoms with Crippen molar-refractivity contribution in [2.75, 3.05) is 6.54 Å². The van der Waals surface area contributed by atoms with Gasteiger partial charge in [0.05, 0.1) is 12.0 Å². The Labute approximate surface area is 103 Å². The van der Waals surface area contributed by atoms with Gasteiger partial charge in [0.15, 0.2) is 0 Å². The van der Waals surface area contributed by atoms with E-state index >= 15 is 0 Å². The number of carbonyl (C=O) groups excluding carboxylic acids is 1. The summed E-state index contributed by atoms with van der Waals surface area (Å²) in [4.78, 5) is 28.8. The Bertz CT molecular complexity index is 407. The number of aromatic nitrogens is 2. The Morgan fingerprint density at radius 3 is 2.82 bits per heavy atom. The number of imidazole rings is 1. The van der Waals surface area contributed by atoms with Crippen LogP contribution in [0.15, 0.2) is 11.4 Å². The Morgan fingerprint density at radius 2 is 2.35 bits per heavy atom. The molecule has 1 atom stereocenters. The third kappa shape index (κ3) is 4.08. The van der Waals surface area contributed by atoms with E-state index < -0.39 is 12.0 Å². The number of H-pyrrole nitrogens is 1. The van der Waals surface area contributed by atoms with E-state index in [-0.39, 0.29) is 25.3 Å². The number of nitrogens with two attached hydrogens (primary N) is 1. The maximum Gasteiger partial charge on any atom is 0.326 e. The SMILES string of the molecule is NCCC(=O)NC(Cc1[nH]cnc1S)C(=O)O. The second-order valence-corrected chi connectivity index (χ2v) is 3.83. The van der Waals surface area contributed by atoms with Crippen molar-refractivity contribution in [1.29, 1.82) is 0 Å². The molecule has 0 spiro atoms. The summed E-state index contributed by atoms with van der Waals surface area (Å²) >= 11 is 4.06. The van der Waals surface area contributed by atoms with E-state index in [0.29, 0.717) is 10.7 Å². The summed E-state index contributed by atoms with van der Waals surface area (Å²) < 4.78 is 0. The number of carboxylic acid groups (broad SMARTS) is 1. The molecule has 1 amide bonds. The number of aromatic amines is 1. The van der Waals surface area contributed by atoms with Gasteiger partial charge >= 0.3 is 5.97 Å². The number of amides is 1. The normalized spacial score (nSPS) is 12.1. The van der Waals surface area contributed by atoms with Gasteiger partial charge in [-0.3, -0.25) is 4.79 Å². The van der Waals surface area contributed by atoms with E-state index in [1.54, 1.807) is 0 Å². The predicted octanol–water partition coefficient (Wildman–Crippen LogP) is -0.841. The number of hydrogen-bond acceptors (Lipinski definition) is 5. The van der Waals surface area contributed by atoms with E-state index in [1.165, 1.54) is 6.33 Å². The molecule has 0 aromatic carbocycles. The molecule has 5 N–H and O–H groups in total. The van der Waals surface area contributed by atoms with Gasteiger partial charge in [-0.25, -0.2) is 9.78 Å².